The first kappa shape index (κ1) is 19.1. The number of nitrogens with two attached hydrogens (primary N) is 1. The van der Waals surface area contributed by atoms with E-state index in [1.165, 1.54) is 0 Å². The van der Waals surface area contributed by atoms with Crippen LogP contribution in [0.15, 0.2) is 45.7 Å². The number of nitrogen functional groups attached to an aromatic ring is 1. The summed E-state index contributed by atoms with van der Waals surface area (Å²) in [5.41, 5.74) is 6.40. The second kappa shape index (κ2) is 7.63. The number of carbonyl (C=O) groups excluding carboxylic acids is 1. The van der Waals surface area contributed by atoms with Crippen molar-refractivity contribution in [3.8, 4) is 0 Å². The minimum Gasteiger partial charge on any atom is -0.422 e. The monoisotopic (exact) mass is 393 g/mol. The van der Waals surface area contributed by atoms with E-state index in [-0.39, 0.29) is 17.5 Å². The molecule has 3 heterocycles. The number of rotatable bonds is 4. The van der Waals surface area contributed by atoms with Gasteiger partial charge in [0.15, 0.2) is 0 Å². The number of hydrogen-bond donors (Lipinski definition) is 1. The lowest BCUT2D eigenvalue weighted by Crippen LogP contribution is -2.38. The van der Waals surface area contributed by atoms with Crippen LogP contribution in [-0.4, -0.2) is 51.9 Å². The van der Waals surface area contributed by atoms with Gasteiger partial charge in [0, 0.05) is 30.7 Å². The van der Waals surface area contributed by atoms with Crippen molar-refractivity contribution in [1.29, 1.82) is 0 Å². The van der Waals surface area contributed by atoms with Crippen molar-refractivity contribution < 1.29 is 9.21 Å². The van der Waals surface area contributed by atoms with Gasteiger partial charge in [-0.2, -0.15) is 0 Å². The van der Waals surface area contributed by atoms with Gasteiger partial charge in [0.2, 0.25) is 0 Å². The second-order valence-electron chi connectivity index (χ2n) is 7.39. The summed E-state index contributed by atoms with van der Waals surface area (Å²) in [5.74, 6) is 0.798. The molecule has 3 aromatic rings. The predicted molar refractivity (Wildman–Crippen MR) is 109 cm³/mol. The van der Waals surface area contributed by atoms with Crippen molar-refractivity contribution >= 4 is 22.7 Å². The van der Waals surface area contributed by atoms with Gasteiger partial charge in [0.1, 0.15) is 22.8 Å². The highest BCUT2D eigenvalue weighted by Crippen LogP contribution is 2.23. The number of amides is 1. The molecule has 1 aliphatic rings. The predicted octanol–water partition coefficient (Wildman–Crippen LogP) is 1.82. The molecule has 0 radical (unpaired) electrons. The van der Waals surface area contributed by atoms with Crippen molar-refractivity contribution in [3.63, 3.8) is 0 Å². The normalized spacial score (nSPS) is 16.7. The molecule has 1 saturated heterocycles. The van der Waals surface area contributed by atoms with Crippen LogP contribution in [0.3, 0.4) is 0 Å². The molecule has 1 fully saturated rings. The largest absolute Gasteiger partial charge is 0.422 e. The van der Waals surface area contributed by atoms with Crippen molar-refractivity contribution in [2.45, 2.75) is 25.9 Å². The Morgan fingerprint density at radius 1 is 1.34 bits per heavy atom. The molecule has 0 bridgehead atoms. The Hall–Kier alpha value is -3.26. The third-order valence-electron chi connectivity index (χ3n) is 5.48. The van der Waals surface area contributed by atoms with Gasteiger partial charge in [0.25, 0.3) is 5.91 Å². The Kier molecular flexibility index (Phi) is 5.02. The van der Waals surface area contributed by atoms with Gasteiger partial charge in [0.05, 0.1) is 6.54 Å². The highest BCUT2D eigenvalue weighted by molar-refractivity contribution is 5.99. The number of fused-ring (bicyclic) bond motifs is 1. The van der Waals surface area contributed by atoms with Crippen molar-refractivity contribution in [3.05, 3.63) is 63.9 Å². The summed E-state index contributed by atoms with van der Waals surface area (Å²) < 4.78 is 5.38. The number of aromatic nitrogens is 2. The molecular formula is C21H23N5O3. The molecule has 1 aliphatic heterocycles. The molecular weight excluding hydrogens is 370 g/mol. The third-order valence-corrected chi connectivity index (χ3v) is 5.48. The minimum atomic E-state index is -0.587. The van der Waals surface area contributed by atoms with E-state index < -0.39 is 5.63 Å². The number of likely N-dealkylation sites (N-methyl/N-ethyl adjacent to an activating group) is 1. The first-order valence-corrected chi connectivity index (χ1v) is 9.53. The molecule has 8 heteroatoms. The van der Waals surface area contributed by atoms with Crippen molar-refractivity contribution in [2.75, 3.05) is 25.9 Å². The van der Waals surface area contributed by atoms with Crippen molar-refractivity contribution in [2.24, 2.45) is 0 Å². The van der Waals surface area contributed by atoms with Crippen LogP contribution in [0.5, 0.6) is 0 Å². The van der Waals surface area contributed by atoms with E-state index >= 15 is 0 Å². The highest BCUT2D eigenvalue weighted by Gasteiger charge is 2.32. The smallest absolute Gasteiger partial charge is 0.349 e. The van der Waals surface area contributed by atoms with Crippen LogP contribution in [-0.2, 0) is 6.54 Å². The molecule has 1 atom stereocenters. The summed E-state index contributed by atoms with van der Waals surface area (Å²) >= 11 is 0. The molecule has 0 saturated carbocycles. The van der Waals surface area contributed by atoms with E-state index in [0.717, 1.165) is 11.8 Å². The summed E-state index contributed by atoms with van der Waals surface area (Å²) in [6, 6.07) is 9.06. The number of carbonyl (C=O) groups is 1. The molecule has 2 N–H and O–H groups in total. The van der Waals surface area contributed by atoms with E-state index in [1.54, 1.807) is 36.2 Å². The average molecular weight is 393 g/mol. The number of anilines is 1. The maximum absolute atomic E-state index is 13.1. The number of aryl methyl sites for hydroxylation is 1. The number of hydrogen-bond acceptors (Lipinski definition) is 7. The zero-order valence-electron chi connectivity index (χ0n) is 16.5. The van der Waals surface area contributed by atoms with Gasteiger partial charge >= 0.3 is 5.63 Å². The van der Waals surface area contributed by atoms with Crippen LogP contribution < -0.4 is 11.4 Å². The number of para-hydroxylation sites is 1. The van der Waals surface area contributed by atoms with E-state index in [2.05, 4.69) is 14.9 Å². The quantitative estimate of drug-likeness (QED) is 0.674. The summed E-state index contributed by atoms with van der Waals surface area (Å²) in [7, 11) is 1.97. The fraction of sp³-hybridized carbons (Fsp3) is 0.333. The number of benzene rings is 1. The first-order valence-electron chi connectivity index (χ1n) is 9.53. The first-order chi connectivity index (χ1) is 13.9. The summed E-state index contributed by atoms with van der Waals surface area (Å²) in [6.07, 6.45) is 2.44. The molecule has 1 amide bonds. The summed E-state index contributed by atoms with van der Waals surface area (Å²) in [6.45, 7) is 3.44. The van der Waals surface area contributed by atoms with Gasteiger partial charge in [-0.3, -0.25) is 9.69 Å². The molecule has 29 heavy (non-hydrogen) atoms. The van der Waals surface area contributed by atoms with Gasteiger partial charge < -0.3 is 15.1 Å². The second-order valence-corrected chi connectivity index (χ2v) is 7.39. The molecule has 150 valence electrons. The zero-order valence-corrected chi connectivity index (χ0v) is 16.5. The van der Waals surface area contributed by atoms with Crippen LogP contribution in [0.1, 0.15) is 28.2 Å². The molecule has 2 aromatic heterocycles. The Balaban J connectivity index is 1.51. The lowest BCUT2D eigenvalue weighted by atomic mass is 10.1. The Morgan fingerprint density at radius 3 is 2.93 bits per heavy atom. The standard InChI is InChI=1S/C21H23N5O3/c1-13-15-5-3-4-6-16(15)29-21(28)19(13)20(27)26-10-8-14(11-26)25(2)12-18-23-9-7-17(22)24-18/h3-7,9,14H,8,10-12H2,1-2H3,(H2,22,23,24)/t14-/m1/s1. The Labute approximate surface area is 168 Å². The Bertz CT molecular complexity index is 1130. The van der Waals surface area contributed by atoms with Crippen LogP contribution in [0.4, 0.5) is 5.82 Å². The third kappa shape index (κ3) is 3.71. The molecule has 1 aromatic carbocycles. The fourth-order valence-corrected chi connectivity index (χ4v) is 3.84. The molecule has 0 unspecified atom stereocenters. The SMILES string of the molecule is Cc1c(C(=O)N2CC[C@@H](N(C)Cc3nccc(N)n3)C2)c(=O)oc2ccccc12. The lowest BCUT2D eigenvalue weighted by Gasteiger charge is -2.24. The average Bonchev–Trinajstić information content (AvgIpc) is 3.18. The van der Waals surface area contributed by atoms with Crippen LogP contribution in [0, 0.1) is 6.92 Å². The van der Waals surface area contributed by atoms with E-state index in [1.807, 2.05) is 19.2 Å². The van der Waals surface area contributed by atoms with E-state index in [0.29, 0.717) is 42.4 Å². The van der Waals surface area contributed by atoms with Gasteiger partial charge in [-0.1, -0.05) is 18.2 Å². The minimum absolute atomic E-state index is 0.117. The molecule has 0 aliphatic carbocycles. The van der Waals surface area contributed by atoms with E-state index in [9.17, 15) is 9.59 Å². The maximum Gasteiger partial charge on any atom is 0.349 e. The number of likely N-dealkylation sites (tertiary alicyclic amines) is 1. The topological polar surface area (TPSA) is 106 Å². The zero-order chi connectivity index (χ0) is 20.5. The van der Waals surface area contributed by atoms with Crippen LogP contribution in [0.25, 0.3) is 11.0 Å². The van der Waals surface area contributed by atoms with Gasteiger partial charge in [-0.05, 0) is 38.1 Å². The molecule has 0 spiro atoms. The van der Waals surface area contributed by atoms with E-state index in [4.69, 9.17) is 10.2 Å². The van der Waals surface area contributed by atoms with Gasteiger partial charge in [-0.15, -0.1) is 0 Å². The summed E-state index contributed by atoms with van der Waals surface area (Å²) in [4.78, 5) is 37.9. The van der Waals surface area contributed by atoms with Crippen molar-refractivity contribution in [1.82, 2.24) is 19.8 Å². The molecule has 8 nitrogen and oxygen atoms in total. The maximum atomic E-state index is 13.1. The van der Waals surface area contributed by atoms with Crippen LogP contribution >= 0.6 is 0 Å². The fourth-order valence-electron chi connectivity index (χ4n) is 3.84. The van der Waals surface area contributed by atoms with Gasteiger partial charge in [-0.25, -0.2) is 14.8 Å². The lowest BCUT2D eigenvalue weighted by molar-refractivity contribution is 0.0774. The molecule has 4 rings (SSSR count). The Morgan fingerprint density at radius 2 is 2.14 bits per heavy atom. The summed E-state index contributed by atoms with van der Waals surface area (Å²) in [5, 5.41) is 0.780. The number of nitrogens with zero attached hydrogens (tertiary/aromatic N) is 4. The highest BCUT2D eigenvalue weighted by atomic mass is 16.4. The van der Waals surface area contributed by atoms with Crippen LogP contribution in [0.2, 0.25) is 0 Å².